The second-order valence-corrected chi connectivity index (χ2v) is 4.00. The summed E-state index contributed by atoms with van der Waals surface area (Å²) in [6.07, 6.45) is 5.22. The summed E-state index contributed by atoms with van der Waals surface area (Å²) in [5.74, 6) is 2.53. The lowest BCUT2D eigenvalue weighted by atomic mass is 10.2. The molecule has 0 aliphatic heterocycles. The first-order chi connectivity index (χ1) is 6.54. The highest BCUT2D eigenvalue weighted by Crippen LogP contribution is 2.32. The van der Waals surface area contributed by atoms with E-state index in [-0.39, 0.29) is 6.04 Å². The zero-order valence-corrected chi connectivity index (χ0v) is 9.71. The molecule has 1 unspecified atom stereocenters. The maximum atomic E-state index is 5.93. The Morgan fingerprint density at radius 2 is 1.79 bits per heavy atom. The fraction of sp³-hybridized carbons (Fsp3) is 0.200. The Morgan fingerprint density at radius 3 is 2.36 bits per heavy atom. The summed E-state index contributed by atoms with van der Waals surface area (Å²) in [5.41, 5.74) is 0.687. The van der Waals surface area contributed by atoms with Crippen LogP contribution in [-0.4, -0.2) is 6.04 Å². The van der Waals surface area contributed by atoms with Crippen LogP contribution in [-0.2, 0) is 0 Å². The number of halogens is 3. The molecule has 0 aliphatic rings. The van der Waals surface area contributed by atoms with Crippen molar-refractivity contribution in [2.45, 2.75) is 13.0 Å². The van der Waals surface area contributed by atoms with E-state index < -0.39 is 0 Å². The Morgan fingerprint density at radius 1 is 1.21 bits per heavy atom. The summed E-state index contributed by atoms with van der Waals surface area (Å²) >= 11 is 17.5. The lowest BCUT2D eigenvalue weighted by molar-refractivity contribution is 1.04. The summed E-state index contributed by atoms with van der Waals surface area (Å²) in [6.45, 7) is 1.85. The van der Waals surface area contributed by atoms with Crippen LogP contribution in [0, 0.1) is 12.3 Å². The van der Waals surface area contributed by atoms with Gasteiger partial charge in [0.05, 0.1) is 26.8 Å². The van der Waals surface area contributed by atoms with Gasteiger partial charge in [-0.25, -0.2) is 0 Å². The summed E-state index contributed by atoms with van der Waals surface area (Å²) in [4.78, 5) is 0. The zero-order valence-electron chi connectivity index (χ0n) is 7.44. The first-order valence-electron chi connectivity index (χ1n) is 3.92. The maximum absolute atomic E-state index is 5.93. The first kappa shape index (κ1) is 11.5. The molecule has 0 fully saturated rings. The molecule has 74 valence electrons. The molecule has 0 heterocycles. The molecule has 0 amide bonds. The highest BCUT2D eigenvalue weighted by molar-refractivity contribution is 6.44. The predicted octanol–water partition coefficient (Wildman–Crippen LogP) is 4.08. The van der Waals surface area contributed by atoms with Crippen LogP contribution in [0.1, 0.15) is 6.92 Å². The lowest BCUT2D eigenvalue weighted by Crippen LogP contribution is -2.12. The van der Waals surface area contributed by atoms with Crippen molar-refractivity contribution in [3.05, 3.63) is 27.2 Å². The molecule has 0 bridgehead atoms. The van der Waals surface area contributed by atoms with Crippen molar-refractivity contribution in [3.8, 4) is 12.3 Å². The summed E-state index contributed by atoms with van der Waals surface area (Å²) in [5, 5.41) is 4.39. The number of nitrogens with one attached hydrogen (secondary N) is 1. The van der Waals surface area contributed by atoms with Crippen molar-refractivity contribution in [2.24, 2.45) is 0 Å². The van der Waals surface area contributed by atoms with E-state index in [1.165, 1.54) is 0 Å². The van der Waals surface area contributed by atoms with Gasteiger partial charge in [0.1, 0.15) is 0 Å². The number of hydrogen-bond donors (Lipinski definition) is 1. The van der Waals surface area contributed by atoms with E-state index in [0.717, 1.165) is 0 Å². The molecular weight excluding hydrogens is 240 g/mol. The Balaban J connectivity index is 2.99. The van der Waals surface area contributed by atoms with Gasteiger partial charge in [-0.05, 0) is 19.1 Å². The largest absolute Gasteiger partial charge is 0.371 e. The number of rotatable bonds is 2. The van der Waals surface area contributed by atoms with Crippen LogP contribution >= 0.6 is 34.8 Å². The van der Waals surface area contributed by atoms with Crippen molar-refractivity contribution in [3.63, 3.8) is 0 Å². The lowest BCUT2D eigenvalue weighted by Gasteiger charge is -2.11. The van der Waals surface area contributed by atoms with E-state index in [4.69, 9.17) is 41.2 Å². The number of anilines is 1. The molecule has 1 aromatic rings. The fourth-order valence-electron chi connectivity index (χ4n) is 0.908. The van der Waals surface area contributed by atoms with Crippen molar-refractivity contribution >= 4 is 40.5 Å². The summed E-state index contributed by atoms with van der Waals surface area (Å²) in [6, 6.07) is 3.13. The molecule has 0 aromatic heterocycles. The molecule has 1 N–H and O–H groups in total. The molecule has 4 heteroatoms. The van der Waals surface area contributed by atoms with Gasteiger partial charge in [-0.15, -0.1) is 6.42 Å². The SMILES string of the molecule is C#CC(C)Nc1cc(Cl)c(Cl)cc1Cl. The van der Waals surface area contributed by atoms with Gasteiger partial charge in [-0.3, -0.25) is 0 Å². The van der Waals surface area contributed by atoms with E-state index in [1.807, 2.05) is 6.92 Å². The molecule has 1 nitrogen and oxygen atoms in total. The van der Waals surface area contributed by atoms with Crippen molar-refractivity contribution in [1.29, 1.82) is 0 Å². The molecule has 1 aromatic carbocycles. The second kappa shape index (κ2) is 4.79. The topological polar surface area (TPSA) is 12.0 Å². The van der Waals surface area contributed by atoms with Gasteiger partial charge in [-0.2, -0.15) is 0 Å². The Bertz CT molecular complexity index is 382. The van der Waals surface area contributed by atoms with Gasteiger partial charge in [0.15, 0.2) is 0 Å². The third kappa shape index (κ3) is 2.72. The highest BCUT2D eigenvalue weighted by atomic mass is 35.5. The monoisotopic (exact) mass is 247 g/mol. The van der Waals surface area contributed by atoms with Crippen LogP contribution in [0.4, 0.5) is 5.69 Å². The average Bonchev–Trinajstić information content (AvgIpc) is 2.14. The van der Waals surface area contributed by atoms with Gasteiger partial charge < -0.3 is 5.32 Å². The minimum Gasteiger partial charge on any atom is -0.371 e. The van der Waals surface area contributed by atoms with Crippen molar-refractivity contribution < 1.29 is 0 Å². The third-order valence-corrected chi connectivity index (χ3v) is 2.67. The van der Waals surface area contributed by atoms with E-state index >= 15 is 0 Å². The quantitative estimate of drug-likeness (QED) is 0.614. The van der Waals surface area contributed by atoms with Crippen molar-refractivity contribution in [1.82, 2.24) is 0 Å². The molecule has 0 saturated heterocycles. The van der Waals surface area contributed by atoms with E-state index in [0.29, 0.717) is 20.8 Å². The van der Waals surface area contributed by atoms with Gasteiger partial charge in [-0.1, -0.05) is 40.7 Å². The first-order valence-corrected chi connectivity index (χ1v) is 5.05. The van der Waals surface area contributed by atoms with E-state index in [1.54, 1.807) is 12.1 Å². The molecule has 14 heavy (non-hydrogen) atoms. The zero-order chi connectivity index (χ0) is 10.7. The molecule has 0 radical (unpaired) electrons. The standard InChI is InChI=1S/C10H8Cl3N/c1-3-6(2)14-10-5-8(12)7(11)4-9(10)13/h1,4-6,14H,2H3. The summed E-state index contributed by atoms with van der Waals surface area (Å²) < 4.78 is 0. The van der Waals surface area contributed by atoms with Crippen LogP contribution in [0.25, 0.3) is 0 Å². The minimum absolute atomic E-state index is 0.107. The van der Waals surface area contributed by atoms with Crippen LogP contribution in [0.3, 0.4) is 0 Å². The average molecular weight is 249 g/mol. The Kier molecular flexibility index (Phi) is 3.95. The molecule has 1 atom stereocenters. The molecular formula is C10H8Cl3N. The summed E-state index contributed by atoms with van der Waals surface area (Å²) in [7, 11) is 0. The van der Waals surface area contributed by atoms with Crippen LogP contribution in [0.2, 0.25) is 15.1 Å². The normalized spacial score (nSPS) is 11.9. The highest BCUT2D eigenvalue weighted by Gasteiger charge is 2.06. The molecule has 0 saturated carbocycles. The maximum Gasteiger partial charge on any atom is 0.0846 e. The van der Waals surface area contributed by atoms with E-state index in [9.17, 15) is 0 Å². The van der Waals surface area contributed by atoms with Gasteiger partial charge in [0, 0.05) is 0 Å². The Labute approximate surface area is 98.4 Å². The molecule has 1 rings (SSSR count). The third-order valence-electron chi connectivity index (χ3n) is 1.63. The number of benzene rings is 1. The smallest absolute Gasteiger partial charge is 0.0846 e. The second-order valence-electron chi connectivity index (χ2n) is 2.78. The number of terminal acetylenes is 1. The fourth-order valence-corrected chi connectivity index (χ4v) is 1.51. The van der Waals surface area contributed by atoms with Crippen LogP contribution in [0.5, 0.6) is 0 Å². The van der Waals surface area contributed by atoms with E-state index in [2.05, 4.69) is 11.2 Å². The molecule has 0 aliphatic carbocycles. The minimum atomic E-state index is -0.107. The van der Waals surface area contributed by atoms with Gasteiger partial charge >= 0.3 is 0 Å². The number of hydrogen-bond acceptors (Lipinski definition) is 1. The van der Waals surface area contributed by atoms with Crippen LogP contribution < -0.4 is 5.32 Å². The van der Waals surface area contributed by atoms with Gasteiger partial charge in [0.25, 0.3) is 0 Å². The van der Waals surface area contributed by atoms with Crippen LogP contribution in [0.15, 0.2) is 12.1 Å². The Hall–Kier alpha value is -0.550. The van der Waals surface area contributed by atoms with Crippen molar-refractivity contribution in [2.75, 3.05) is 5.32 Å². The predicted molar refractivity (Wildman–Crippen MR) is 63.4 cm³/mol. The molecule has 0 spiro atoms. The van der Waals surface area contributed by atoms with Gasteiger partial charge in [0.2, 0.25) is 0 Å².